The molecule has 0 spiro atoms. The van der Waals surface area contributed by atoms with Crippen LogP contribution < -0.4 is 5.32 Å². The zero-order valence-corrected chi connectivity index (χ0v) is 13.3. The van der Waals surface area contributed by atoms with Crippen molar-refractivity contribution in [1.29, 1.82) is 0 Å². The maximum atomic E-state index is 4.33. The number of nitrogens with one attached hydrogen (secondary N) is 1. The predicted molar refractivity (Wildman–Crippen MR) is 85.3 cm³/mol. The van der Waals surface area contributed by atoms with Crippen LogP contribution in [0.2, 0.25) is 0 Å². The first-order valence-electron chi connectivity index (χ1n) is 7.12. The number of hydrogen-bond acceptors (Lipinski definition) is 4. The van der Waals surface area contributed by atoms with Gasteiger partial charge >= 0.3 is 0 Å². The number of halogens is 1. The highest BCUT2D eigenvalue weighted by molar-refractivity contribution is 5.86. The Morgan fingerprint density at radius 2 is 2.10 bits per heavy atom. The summed E-state index contributed by atoms with van der Waals surface area (Å²) in [6, 6.07) is 0. The Balaban J connectivity index is 0.00000200. The molecule has 1 atom stereocenters. The number of aromatic nitrogens is 4. The number of anilines is 1. The summed E-state index contributed by atoms with van der Waals surface area (Å²) >= 11 is 0. The molecule has 2 aromatic rings. The second-order valence-electron chi connectivity index (χ2n) is 5.03. The average Bonchev–Trinajstić information content (AvgIpc) is 2.82. The van der Waals surface area contributed by atoms with Crippen molar-refractivity contribution < 1.29 is 0 Å². The van der Waals surface area contributed by atoms with Gasteiger partial charge < -0.3 is 5.32 Å². The summed E-state index contributed by atoms with van der Waals surface area (Å²) in [5.74, 6) is 1.61. The standard InChI is InChI=1S/C14H23N5.ClH/c1-4-6-7-11(5-2)8-15-13-12-9-18-19(3)14(12)17-10-16-13;/h9-11H,4-8H2,1-3H3,(H,15,16,17);1H. The molecule has 0 saturated heterocycles. The molecule has 1 unspecified atom stereocenters. The smallest absolute Gasteiger partial charge is 0.163 e. The summed E-state index contributed by atoms with van der Waals surface area (Å²) in [7, 11) is 1.90. The van der Waals surface area contributed by atoms with Gasteiger partial charge in [0.05, 0.1) is 11.6 Å². The van der Waals surface area contributed by atoms with Crippen LogP contribution in [-0.4, -0.2) is 26.3 Å². The van der Waals surface area contributed by atoms with Crippen molar-refractivity contribution in [3.8, 4) is 0 Å². The minimum atomic E-state index is 0. The lowest BCUT2D eigenvalue weighted by atomic mass is 9.99. The van der Waals surface area contributed by atoms with Gasteiger partial charge in [-0.25, -0.2) is 9.97 Å². The van der Waals surface area contributed by atoms with Crippen molar-refractivity contribution in [2.24, 2.45) is 13.0 Å². The van der Waals surface area contributed by atoms with Crippen LogP contribution >= 0.6 is 12.4 Å². The van der Waals surface area contributed by atoms with Gasteiger partial charge in [0.2, 0.25) is 0 Å². The third-order valence-corrected chi connectivity index (χ3v) is 3.63. The third-order valence-electron chi connectivity index (χ3n) is 3.63. The van der Waals surface area contributed by atoms with Gasteiger partial charge in [0, 0.05) is 13.6 Å². The summed E-state index contributed by atoms with van der Waals surface area (Å²) in [6.07, 6.45) is 8.46. The highest BCUT2D eigenvalue weighted by Crippen LogP contribution is 2.19. The molecule has 2 aromatic heterocycles. The van der Waals surface area contributed by atoms with E-state index in [1.54, 1.807) is 11.0 Å². The molecule has 0 aliphatic rings. The molecule has 112 valence electrons. The molecular formula is C14H24ClN5. The average molecular weight is 298 g/mol. The maximum absolute atomic E-state index is 4.33. The number of hydrogen-bond donors (Lipinski definition) is 1. The molecule has 20 heavy (non-hydrogen) atoms. The fraction of sp³-hybridized carbons (Fsp3) is 0.643. The molecule has 2 rings (SSSR count). The van der Waals surface area contributed by atoms with Gasteiger partial charge in [0.25, 0.3) is 0 Å². The van der Waals surface area contributed by atoms with Crippen LogP contribution in [0.4, 0.5) is 5.82 Å². The van der Waals surface area contributed by atoms with Gasteiger partial charge in [0.1, 0.15) is 12.1 Å². The Kier molecular flexibility index (Phi) is 6.71. The zero-order chi connectivity index (χ0) is 13.7. The summed E-state index contributed by atoms with van der Waals surface area (Å²) in [4.78, 5) is 8.58. The molecule has 1 N–H and O–H groups in total. The molecule has 0 fully saturated rings. The molecule has 0 aliphatic heterocycles. The lowest BCUT2D eigenvalue weighted by Crippen LogP contribution is -2.14. The van der Waals surface area contributed by atoms with Crippen molar-refractivity contribution >= 4 is 29.3 Å². The topological polar surface area (TPSA) is 55.6 Å². The zero-order valence-electron chi connectivity index (χ0n) is 12.5. The highest BCUT2D eigenvalue weighted by atomic mass is 35.5. The van der Waals surface area contributed by atoms with E-state index in [0.29, 0.717) is 5.92 Å². The minimum absolute atomic E-state index is 0. The van der Waals surface area contributed by atoms with Gasteiger partial charge in [-0.2, -0.15) is 5.10 Å². The first kappa shape index (κ1) is 16.7. The van der Waals surface area contributed by atoms with E-state index in [1.165, 1.54) is 25.7 Å². The molecule has 0 amide bonds. The summed E-state index contributed by atoms with van der Waals surface area (Å²) in [5, 5.41) is 8.68. The van der Waals surface area contributed by atoms with E-state index in [2.05, 4.69) is 34.2 Å². The number of fused-ring (bicyclic) bond motifs is 1. The van der Waals surface area contributed by atoms with Crippen LogP contribution in [0.25, 0.3) is 11.0 Å². The van der Waals surface area contributed by atoms with Gasteiger partial charge in [-0.1, -0.05) is 33.1 Å². The van der Waals surface area contributed by atoms with Crippen molar-refractivity contribution in [1.82, 2.24) is 19.7 Å². The molecule has 0 bridgehead atoms. The quantitative estimate of drug-likeness (QED) is 0.851. The van der Waals surface area contributed by atoms with Crippen molar-refractivity contribution in [2.75, 3.05) is 11.9 Å². The second-order valence-corrected chi connectivity index (χ2v) is 5.03. The highest BCUT2D eigenvalue weighted by Gasteiger charge is 2.10. The Labute approximate surface area is 126 Å². The van der Waals surface area contributed by atoms with Crippen LogP contribution in [0.3, 0.4) is 0 Å². The first-order valence-corrected chi connectivity index (χ1v) is 7.12. The number of aryl methyl sites for hydroxylation is 1. The summed E-state index contributed by atoms with van der Waals surface area (Å²) in [5.41, 5.74) is 0.874. The van der Waals surface area contributed by atoms with Crippen LogP contribution in [0, 0.1) is 5.92 Å². The Hall–Kier alpha value is -1.36. The molecule has 2 heterocycles. The molecule has 5 nitrogen and oxygen atoms in total. The van der Waals surface area contributed by atoms with E-state index in [4.69, 9.17) is 0 Å². The molecule has 0 radical (unpaired) electrons. The Bertz CT molecular complexity index is 525. The predicted octanol–water partition coefficient (Wildman–Crippen LogP) is 3.41. The number of nitrogens with zero attached hydrogens (tertiary/aromatic N) is 4. The van der Waals surface area contributed by atoms with Crippen molar-refractivity contribution in [2.45, 2.75) is 39.5 Å². The fourth-order valence-electron chi connectivity index (χ4n) is 2.29. The van der Waals surface area contributed by atoms with Gasteiger partial charge in [-0.05, 0) is 12.3 Å². The van der Waals surface area contributed by atoms with Crippen molar-refractivity contribution in [3.05, 3.63) is 12.5 Å². The van der Waals surface area contributed by atoms with Gasteiger partial charge in [-0.15, -0.1) is 12.4 Å². The van der Waals surface area contributed by atoms with Crippen LogP contribution in [0.15, 0.2) is 12.5 Å². The monoisotopic (exact) mass is 297 g/mol. The SMILES string of the molecule is CCCCC(CC)CNc1ncnc2c1cnn2C.Cl. The van der Waals surface area contributed by atoms with Crippen LogP contribution in [-0.2, 0) is 7.05 Å². The van der Waals surface area contributed by atoms with E-state index in [9.17, 15) is 0 Å². The molecule has 0 saturated carbocycles. The molecule has 6 heteroatoms. The number of unbranched alkanes of at least 4 members (excludes halogenated alkanes) is 1. The lowest BCUT2D eigenvalue weighted by molar-refractivity contribution is 0.472. The third kappa shape index (κ3) is 3.82. The molecular weight excluding hydrogens is 274 g/mol. The summed E-state index contributed by atoms with van der Waals surface area (Å²) in [6.45, 7) is 5.46. The molecule has 0 aliphatic carbocycles. The maximum Gasteiger partial charge on any atom is 0.163 e. The molecule has 0 aromatic carbocycles. The Morgan fingerprint density at radius 1 is 1.30 bits per heavy atom. The minimum Gasteiger partial charge on any atom is -0.369 e. The largest absolute Gasteiger partial charge is 0.369 e. The lowest BCUT2D eigenvalue weighted by Gasteiger charge is -2.15. The van der Waals surface area contributed by atoms with E-state index >= 15 is 0 Å². The van der Waals surface area contributed by atoms with E-state index < -0.39 is 0 Å². The normalized spacial score (nSPS) is 12.2. The van der Waals surface area contributed by atoms with E-state index in [0.717, 1.165) is 23.4 Å². The second kappa shape index (κ2) is 8.04. The van der Waals surface area contributed by atoms with Crippen LogP contribution in [0.5, 0.6) is 0 Å². The summed E-state index contributed by atoms with van der Waals surface area (Å²) < 4.78 is 1.77. The fourth-order valence-corrected chi connectivity index (χ4v) is 2.29. The Morgan fingerprint density at radius 3 is 2.80 bits per heavy atom. The van der Waals surface area contributed by atoms with Crippen LogP contribution in [0.1, 0.15) is 39.5 Å². The number of rotatable bonds is 7. The van der Waals surface area contributed by atoms with Gasteiger partial charge in [0.15, 0.2) is 5.65 Å². The van der Waals surface area contributed by atoms with E-state index in [-0.39, 0.29) is 12.4 Å². The van der Waals surface area contributed by atoms with E-state index in [1.807, 2.05) is 13.2 Å². The first-order chi connectivity index (χ1) is 9.26. The van der Waals surface area contributed by atoms with Gasteiger partial charge in [-0.3, -0.25) is 4.68 Å². The van der Waals surface area contributed by atoms with Crippen molar-refractivity contribution in [3.63, 3.8) is 0 Å².